The third-order valence-electron chi connectivity index (χ3n) is 5.05. The number of nitrogen functional groups attached to an aromatic ring is 1. The molecular weight excluding hydrogens is 394 g/mol. The van der Waals surface area contributed by atoms with Gasteiger partial charge in [-0.05, 0) is 31.4 Å². The van der Waals surface area contributed by atoms with Crippen LogP contribution in [0, 0.1) is 13.5 Å². The number of nitrogens with two attached hydrogens (primary N) is 1. The molecule has 0 aliphatic heterocycles. The van der Waals surface area contributed by atoms with Gasteiger partial charge in [-0.1, -0.05) is 16.7 Å². The zero-order chi connectivity index (χ0) is 20.6. The molecule has 3 heterocycles. The number of nitrogens with one attached hydrogen (secondary N) is 1. The van der Waals surface area contributed by atoms with Gasteiger partial charge >= 0.3 is 0 Å². The second-order valence-electron chi connectivity index (χ2n) is 6.98. The molecule has 3 aromatic heterocycles. The normalized spacial score (nSPS) is 14.4. The molecule has 0 atom stereocenters. The van der Waals surface area contributed by atoms with Crippen LogP contribution in [0.1, 0.15) is 24.2 Å². The standard InChI is InChI=1S/C17H18ClN11/c1-10-12(18)16-24-15(13(21-2)14(19)29(16)25-10)22-7-3-11-4-8-28(26-11)17(5-6-17)9-23-27-20/h4,8H,3,5-7,9,19H2,1H3,(H,22,24). The molecule has 3 aromatic rings. The molecule has 0 unspecified atom stereocenters. The van der Waals surface area contributed by atoms with Gasteiger partial charge in [-0.15, -0.1) is 0 Å². The maximum absolute atomic E-state index is 8.55. The van der Waals surface area contributed by atoms with E-state index in [2.05, 4.69) is 35.4 Å². The van der Waals surface area contributed by atoms with E-state index in [0.717, 1.165) is 18.5 Å². The lowest BCUT2D eigenvalue weighted by Gasteiger charge is -2.12. The maximum Gasteiger partial charge on any atom is 0.268 e. The van der Waals surface area contributed by atoms with E-state index in [1.807, 2.05) is 16.9 Å². The molecular formula is C17H18ClN11. The molecule has 0 radical (unpaired) electrons. The van der Waals surface area contributed by atoms with E-state index < -0.39 is 0 Å². The lowest BCUT2D eigenvalue weighted by molar-refractivity contribution is 0.438. The Morgan fingerprint density at radius 3 is 2.93 bits per heavy atom. The zero-order valence-corrected chi connectivity index (χ0v) is 16.4. The topological polar surface area (TPSA) is 139 Å². The third-order valence-corrected chi connectivity index (χ3v) is 5.49. The first-order valence-corrected chi connectivity index (χ1v) is 9.38. The van der Waals surface area contributed by atoms with E-state index >= 15 is 0 Å². The third kappa shape index (κ3) is 3.29. The van der Waals surface area contributed by atoms with Crippen LogP contribution in [0.3, 0.4) is 0 Å². The number of hydrogen-bond acceptors (Lipinski definition) is 6. The summed E-state index contributed by atoms with van der Waals surface area (Å²) in [7, 11) is 0. The molecule has 1 fully saturated rings. The van der Waals surface area contributed by atoms with Crippen LogP contribution < -0.4 is 11.1 Å². The molecule has 1 aliphatic carbocycles. The van der Waals surface area contributed by atoms with Crippen LogP contribution in [0.5, 0.6) is 0 Å². The van der Waals surface area contributed by atoms with Crippen LogP contribution >= 0.6 is 11.6 Å². The molecule has 0 spiro atoms. The Hall–Kier alpha value is -3.48. The van der Waals surface area contributed by atoms with Gasteiger partial charge in [0.25, 0.3) is 5.69 Å². The fourth-order valence-corrected chi connectivity index (χ4v) is 3.37. The number of nitrogens with zero attached hydrogens (tertiary/aromatic N) is 9. The minimum Gasteiger partial charge on any atom is -0.392 e. The number of fused-ring (bicyclic) bond motifs is 1. The van der Waals surface area contributed by atoms with Crippen molar-refractivity contribution in [2.24, 2.45) is 5.11 Å². The first-order chi connectivity index (χ1) is 14.0. The predicted molar refractivity (Wildman–Crippen MR) is 109 cm³/mol. The van der Waals surface area contributed by atoms with E-state index in [4.69, 9.17) is 29.4 Å². The zero-order valence-electron chi connectivity index (χ0n) is 15.7. The largest absolute Gasteiger partial charge is 0.392 e. The van der Waals surface area contributed by atoms with Crippen molar-refractivity contribution in [3.05, 3.63) is 50.5 Å². The molecule has 12 heteroatoms. The number of hydrogen-bond donors (Lipinski definition) is 2. The molecule has 29 heavy (non-hydrogen) atoms. The molecule has 0 saturated heterocycles. The Morgan fingerprint density at radius 1 is 1.45 bits per heavy atom. The number of halogens is 1. The molecule has 148 valence electrons. The summed E-state index contributed by atoms with van der Waals surface area (Å²) in [6.07, 6.45) is 4.45. The molecule has 4 rings (SSSR count). The van der Waals surface area contributed by atoms with Crippen molar-refractivity contribution in [2.75, 3.05) is 24.1 Å². The molecule has 3 N–H and O–H groups in total. The lowest BCUT2D eigenvalue weighted by atomic mass is 10.3. The Labute approximate surface area is 170 Å². The van der Waals surface area contributed by atoms with E-state index in [0.29, 0.717) is 41.7 Å². The van der Waals surface area contributed by atoms with Crippen LogP contribution in [0.15, 0.2) is 17.4 Å². The summed E-state index contributed by atoms with van der Waals surface area (Å²) in [5.41, 5.74) is 16.6. The van der Waals surface area contributed by atoms with Gasteiger partial charge in [0.1, 0.15) is 16.7 Å². The second-order valence-corrected chi connectivity index (χ2v) is 7.36. The van der Waals surface area contributed by atoms with Crippen LogP contribution in [0.25, 0.3) is 20.9 Å². The quantitative estimate of drug-likeness (QED) is 0.265. The van der Waals surface area contributed by atoms with Crippen molar-refractivity contribution >= 4 is 34.6 Å². The van der Waals surface area contributed by atoms with Gasteiger partial charge in [-0.25, -0.2) is 14.3 Å². The highest BCUT2D eigenvalue weighted by atomic mass is 35.5. The molecule has 0 aromatic carbocycles. The van der Waals surface area contributed by atoms with Crippen LogP contribution in [0.2, 0.25) is 5.02 Å². The van der Waals surface area contributed by atoms with Crippen LogP contribution in [0.4, 0.5) is 17.3 Å². The summed E-state index contributed by atoms with van der Waals surface area (Å²) in [6.45, 7) is 10.1. The van der Waals surface area contributed by atoms with E-state index in [1.54, 1.807) is 6.92 Å². The Kier molecular flexibility index (Phi) is 4.66. The van der Waals surface area contributed by atoms with Gasteiger partial charge in [-0.2, -0.15) is 10.2 Å². The fraction of sp³-hybridized carbons (Fsp3) is 0.412. The number of aryl methyl sites for hydroxylation is 1. The van der Waals surface area contributed by atoms with Crippen molar-refractivity contribution in [3.63, 3.8) is 0 Å². The first kappa shape index (κ1) is 18.9. The molecule has 11 nitrogen and oxygen atoms in total. The van der Waals surface area contributed by atoms with Gasteiger partial charge < -0.3 is 11.1 Å². The summed E-state index contributed by atoms with van der Waals surface area (Å²) in [4.78, 5) is 10.8. The van der Waals surface area contributed by atoms with Crippen molar-refractivity contribution < 1.29 is 0 Å². The number of azide groups is 1. The van der Waals surface area contributed by atoms with E-state index in [-0.39, 0.29) is 17.0 Å². The summed E-state index contributed by atoms with van der Waals surface area (Å²) in [5.74, 6) is 0.564. The van der Waals surface area contributed by atoms with Crippen molar-refractivity contribution in [3.8, 4) is 0 Å². The molecule has 1 saturated carbocycles. The monoisotopic (exact) mass is 411 g/mol. The Morgan fingerprint density at radius 2 is 2.24 bits per heavy atom. The van der Waals surface area contributed by atoms with Crippen LogP contribution in [-0.4, -0.2) is 37.5 Å². The Balaban J connectivity index is 1.49. The lowest BCUT2D eigenvalue weighted by Crippen LogP contribution is -2.21. The number of rotatable bonds is 7. The van der Waals surface area contributed by atoms with Gasteiger partial charge in [0.2, 0.25) is 0 Å². The van der Waals surface area contributed by atoms with Gasteiger partial charge in [0.15, 0.2) is 5.65 Å². The fourth-order valence-electron chi connectivity index (χ4n) is 3.21. The van der Waals surface area contributed by atoms with Gasteiger partial charge in [0.05, 0.1) is 30.0 Å². The van der Waals surface area contributed by atoms with E-state index in [9.17, 15) is 0 Å². The van der Waals surface area contributed by atoms with Crippen molar-refractivity contribution in [1.82, 2.24) is 24.4 Å². The highest BCUT2D eigenvalue weighted by molar-refractivity contribution is 6.34. The second kappa shape index (κ2) is 7.16. The van der Waals surface area contributed by atoms with Crippen molar-refractivity contribution in [2.45, 2.75) is 31.7 Å². The highest BCUT2D eigenvalue weighted by Gasteiger charge is 2.44. The molecule has 1 aliphatic rings. The SMILES string of the molecule is [C-]#[N+]c1c(NCCc2ccn(C3(CN=[N+]=[N-])CC3)n2)nc2c(Cl)c(C)nn2c1N. The highest BCUT2D eigenvalue weighted by Crippen LogP contribution is 2.43. The summed E-state index contributed by atoms with van der Waals surface area (Å²) in [5, 5.41) is 16.1. The average molecular weight is 412 g/mol. The first-order valence-electron chi connectivity index (χ1n) is 9.00. The Bertz CT molecular complexity index is 1170. The van der Waals surface area contributed by atoms with Gasteiger partial charge in [-0.3, -0.25) is 4.68 Å². The molecule has 0 bridgehead atoms. The van der Waals surface area contributed by atoms with Crippen molar-refractivity contribution in [1.29, 1.82) is 0 Å². The minimum atomic E-state index is -0.174. The summed E-state index contributed by atoms with van der Waals surface area (Å²) >= 11 is 6.25. The predicted octanol–water partition coefficient (Wildman–Crippen LogP) is 3.47. The number of anilines is 2. The van der Waals surface area contributed by atoms with Gasteiger partial charge in [0, 0.05) is 24.1 Å². The minimum absolute atomic E-state index is 0.174. The summed E-state index contributed by atoms with van der Waals surface area (Å²) in [6, 6.07) is 1.94. The molecule has 0 amide bonds. The van der Waals surface area contributed by atoms with E-state index in [1.165, 1.54) is 4.52 Å². The summed E-state index contributed by atoms with van der Waals surface area (Å²) < 4.78 is 3.27. The van der Waals surface area contributed by atoms with Crippen LogP contribution in [-0.2, 0) is 12.0 Å². The smallest absolute Gasteiger partial charge is 0.268 e. The number of aromatic nitrogens is 5. The average Bonchev–Trinajstić information content (AvgIpc) is 3.26. The maximum atomic E-state index is 8.55.